The van der Waals surface area contributed by atoms with E-state index in [1.54, 1.807) is 0 Å². The molecule has 0 atom stereocenters. The fourth-order valence-corrected chi connectivity index (χ4v) is 2.36. The standard InChI is InChI=1S/C16H24N2O/c1-5-16(2,3)13-7-6-8-14(11-13)18-10-9-17(4)12-15(18)19/h6-8,11H,5,9-10,12H2,1-4H3. The van der Waals surface area contributed by atoms with Gasteiger partial charge in [-0.15, -0.1) is 0 Å². The summed E-state index contributed by atoms with van der Waals surface area (Å²) in [7, 11) is 1.99. The molecule has 2 rings (SSSR count). The van der Waals surface area contributed by atoms with E-state index in [1.807, 2.05) is 18.0 Å². The predicted molar refractivity (Wildman–Crippen MR) is 79.6 cm³/mol. The third kappa shape index (κ3) is 2.98. The summed E-state index contributed by atoms with van der Waals surface area (Å²) in [6.45, 7) is 8.93. The van der Waals surface area contributed by atoms with E-state index in [4.69, 9.17) is 0 Å². The third-order valence-electron chi connectivity index (χ3n) is 4.23. The molecule has 1 heterocycles. The number of piperazine rings is 1. The van der Waals surface area contributed by atoms with Gasteiger partial charge in [-0.25, -0.2) is 0 Å². The first kappa shape index (κ1) is 14.1. The highest BCUT2D eigenvalue weighted by Gasteiger charge is 2.24. The average molecular weight is 260 g/mol. The Kier molecular flexibility index (Phi) is 3.95. The van der Waals surface area contributed by atoms with Crippen molar-refractivity contribution in [2.24, 2.45) is 0 Å². The fraction of sp³-hybridized carbons (Fsp3) is 0.562. The van der Waals surface area contributed by atoms with Gasteiger partial charge in [0, 0.05) is 18.8 Å². The molecule has 0 saturated carbocycles. The Balaban J connectivity index is 2.26. The van der Waals surface area contributed by atoms with Crippen LogP contribution in [0.3, 0.4) is 0 Å². The molecule has 0 N–H and O–H groups in total. The Morgan fingerprint density at radius 1 is 1.26 bits per heavy atom. The van der Waals surface area contributed by atoms with Crippen molar-refractivity contribution in [2.75, 3.05) is 31.6 Å². The van der Waals surface area contributed by atoms with E-state index < -0.39 is 0 Å². The summed E-state index contributed by atoms with van der Waals surface area (Å²) in [6, 6.07) is 8.44. The molecule has 0 unspecified atom stereocenters. The van der Waals surface area contributed by atoms with Crippen molar-refractivity contribution in [1.82, 2.24) is 4.90 Å². The fourth-order valence-electron chi connectivity index (χ4n) is 2.36. The number of carbonyl (C=O) groups excluding carboxylic acids is 1. The van der Waals surface area contributed by atoms with E-state index in [0.717, 1.165) is 25.2 Å². The van der Waals surface area contributed by atoms with Crippen LogP contribution in [0.25, 0.3) is 0 Å². The van der Waals surface area contributed by atoms with Gasteiger partial charge >= 0.3 is 0 Å². The van der Waals surface area contributed by atoms with Crippen LogP contribution in [0.15, 0.2) is 24.3 Å². The Hall–Kier alpha value is -1.35. The van der Waals surface area contributed by atoms with Crippen LogP contribution in [0.5, 0.6) is 0 Å². The molecule has 1 fully saturated rings. The number of carbonyl (C=O) groups is 1. The predicted octanol–water partition coefficient (Wildman–Crippen LogP) is 2.65. The second kappa shape index (κ2) is 5.33. The monoisotopic (exact) mass is 260 g/mol. The molecule has 1 aromatic carbocycles. The molecule has 0 bridgehead atoms. The number of hydrogen-bond acceptors (Lipinski definition) is 2. The van der Waals surface area contributed by atoms with Gasteiger partial charge < -0.3 is 4.90 Å². The van der Waals surface area contributed by atoms with Crippen LogP contribution in [-0.4, -0.2) is 37.5 Å². The van der Waals surface area contributed by atoms with Crippen LogP contribution in [0, 0.1) is 0 Å². The summed E-state index contributed by atoms with van der Waals surface area (Å²) < 4.78 is 0. The quantitative estimate of drug-likeness (QED) is 0.834. The molecule has 0 radical (unpaired) electrons. The summed E-state index contributed by atoms with van der Waals surface area (Å²) in [5, 5.41) is 0. The topological polar surface area (TPSA) is 23.6 Å². The molecule has 19 heavy (non-hydrogen) atoms. The van der Waals surface area contributed by atoms with Crippen LogP contribution in [0.2, 0.25) is 0 Å². The van der Waals surface area contributed by atoms with E-state index in [-0.39, 0.29) is 11.3 Å². The van der Waals surface area contributed by atoms with Crippen LogP contribution in [-0.2, 0) is 10.2 Å². The number of nitrogens with zero attached hydrogens (tertiary/aromatic N) is 2. The second-order valence-electron chi connectivity index (χ2n) is 6.07. The number of likely N-dealkylation sites (N-methyl/N-ethyl adjacent to an activating group) is 1. The lowest BCUT2D eigenvalue weighted by molar-refractivity contribution is -0.120. The number of anilines is 1. The number of rotatable bonds is 3. The first-order valence-corrected chi connectivity index (χ1v) is 7.03. The zero-order chi connectivity index (χ0) is 14.0. The number of hydrogen-bond donors (Lipinski definition) is 0. The van der Waals surface area contributed by atoms with Gasteiger partial charge in [0.15, 0.2) is 0 Å². The van der Waals surface area contributed by atoms with Crippen molar-refractivity contribution >= 4 is 11.6 Å². The normalized spacial score (nSPS) is 17.9. The summed E-state index contributed by atoms with van der Waals surface area (Å²) in [6.07, 6.45) is 1.09. The number of benzene rings is 1. The first-order chi connectivity index (χ1) is 8.94. The summed E-state index contributed by atoms with van der Waals surface area (Å²) in [5.41, 5.74) is 2.50. The van der Waals surface area contributed by atoms with Gasteiger partial charge in [0.05, 0.1) is 6.54 Å². The minimum atomic E-state index is 0.158. The molecule has 1 amide bonds. The molecule has 0 aliphatic carbocycles. The maximum absolute atomic E-state index is 12.1. The van der Waals surface area contributed by atoms with Crippen LogP contribution >= 0.6 is 0 Å². The van der Waals surface area contributed by atoms with Gasteiger partial charge in [0.1, 0.15) is 0 Å². The van der Waals surface area contributed by atoms with Gasteiger partial charge in [0.25, 0.3) is 0 Å². The van der Waals surface area contributed by atoms with E-state index in [0.29, 0.717) is 6.54 Å². The lowest BCUT2D eigenvalue weighted by Gasteiger charge is -2.33. The van der Waals surface area contributed by atoms with Crippen LogP contribution in [0.4, 0.5) is 5.69 Å². The maximum Gasteiger partial charge on any atom is 0.241 e. The second-order valence-corrected chi connectivity index (χ2v) is 6.07. The lowest BCUT2D eigenvalue weighted by atomic mass is 9.82. The van der Waals surface area contributed by atoms with Gasteiger partial charge in [-0.1, -0.05) is 32.9 Å². The Labute approximate surface area is 116 Å². The van der Waals surface area contributed by atoms with Gasteiger partial charge in [-0.2, -0.15) is 0 Å². The largest absolute Gasteiger partial charge is 0.310 e. The first-order valence-electron chi connectivity index (χ1n) is 7.03. The Bertz CT molecular complexity index is 468. The molecular formula is C16H24N2O. The van der Waals surface area contributed by atoms with Gasteiger partial charge in [-0.3, -0.25) is 9.69 Å². The Morgan fingerprint density at radius 3 is 2.63 bits per heavy atom. The van der Waals surface area contributed by atoms with E-state index in [9.17, 15) is 4.79 Å². The molecule has 1 aliphatic heterocycles. The zero-order valence-electron chi connectivity index (χ0n) is 12.4. The molecule has 1 saturated heterocycles. The van der Waals surface area contributed by atoms with E-state index in [2.05, 4.69) is 43.9 Å². The highest BCUT2D eigenvalue weighted by atomic mass is 16.2. The summed E-state index contributed by atoms with van der Waals surface area (Å²) in [4.78, 5) is 16.1. The van der Waals surface area contributed by atoms with Crippen LogP contribution < -0.4 is 4.90 Å². The summed E-state index contributed by atoms with van der Waals surface area (Å²) >= 11 is 0. The average Bonchev–Trinajstić information content (AvgIpc) is 2.39. The zero-order valence-corrected chi connectivity index (χ0v) is 12.4. The van der Waals surface area contributed by atoms with Crippen molar-refractivity contribution in [3.05, 3.63) is 29.8 Å². The highest BCUT2D eigenvalue weighted by Crippen LogP contribution is 2.30. The van der Waals surface area contributed by atoms with E-state index in [1.165, 1.54) is 5.56 Å². The van der Waals surface area contributed by atoms with Crippen molar-refractivity contribution in [2.45, 2.75) is 32.6 Å². The molecule has 104 valence electrons. The van der Waals surface area contributed by atoms with Gasteiger partial charge in [-0.05, 0) is 36.6 Å². The van der Waals surface area contributed by atoms with Crippen molar-refractivity contribution in [3.63, 3.8) is 0 Å². The third-order valence-corrected chi connectivity index (χ3v) is 4.23. The summed E-state index contributed by atoms with van der Waals surface area (Å²) in [5.74, 6) is 0.195. The SMILES string of the molecule is CCC(C)(C)c1cccc(N2CCN(C)CC2=O)c1. The highest BCUT2D eigenvalue weighted by molar-refractivity contribution is 5.95. The van der Waals surface area contributed by atoms with Crippen LogP contribution in [0.1, 0.15) is 32.8 Å². The number of amides is 1. The van der Waals surface area contributed by atoms with Crippen molar-refractivity contribution in [3.8, 4) is 0 Å². The smallest absolute Gasteiger partial charge is 0.241 e. The molecule has 3 nitrogen and oxygen atoms in total. The maximum atomic E-state index is 12.1. The molecule has 1 aliphatic rings. The van der Waals surface area contributed by atoms with Gasteiger partial charge in [0.2, 0.25) is 5.91 Å². The van der Waals surface area contributed by atoms with Crippen molar-refractivity contribution in [1.29, 1.82) is 0 Å². The molecule has 0 spiro atoms. The molecule has 1 aromatic rings. The Morgan fingerprint density at radius 2 is 2.00 bits per heavy atom. The van der Waals surface area contributed by atoms with Crippen molar-refractivity contribution < 1.29 is 4.79 Å². The minimum absolute atomic E-state index is 0.158. The molecule has 0 aromatic heterocycles. The minimum Gasteiger partial charge on any atom is -0.310 e. The molecular weight excluding hydrogens is 236 g/mol. The molecule has 3 heteroatoms. The lowest BCUT2D eigenvalue weighted by Crippen LogP contribution is -2.49. The van der Waals surface area contributed by atoms with E-state index >= 15 is 0 Å².